The molecule has 86 valence electrons. The second-order valence-corrected chi connectivity index (χ2v) is 7.43. The van der Waals surface area contributed by atoms with Crippen LogP contribution in [0.1, 0.15) is 19.8 Å². The van der Waals surface area contributed by atoms with Crippen LogP contribution in [0.5, 0.6) is 0 Å². The molecule has 0 aromatic rings. The van der Waals surface area contributed by atoms with E-state index in [1.54, 1.807) is 6.92 Å². The van der Waals surface area contributed by atoms with E-state index in [0.717, 1.165) is 18.6 Å². The van der Waals surface area contributed by atoms with Gasteiger partial charge in [-0.3, -0.25) is 4.79 Å². The molecule has 0 unspecified atom stereocenters. The zero-order valence-electron chi connectivity index (χ0n) is 9.38. The Kier molecular flexibility index (Phi) is 5.64. The first-order valence-electron chi connectivity index (χ1n) is 5.05. The van der Waals surface area contributed by atoms with E-state index in [1.165, 1.54) is 23.3 Å². The molecule has 0 N–H and O–H groups in total. The number of hydrogen-bond acceptors (Lipinski definition) is 4. The van der Waals surface area contributed by atoms with E-state index in [1.807, 2.05) is 23.5 Å². The number of carbonyl (C=O) groups excluding carboxylic acids is 1. The highest BCUT2D eigenvalue weighted by Crippen LogP contribution is 2.41. The van der Waals surface area contributed by atoms with Crippen molar-refractivity contribution in [2.24, 2.45) is 0 Å². The van der Waals surface area contributed by atoms with Gasteiger partial charge in [0.1, 0.15) is 0 Å². The molecule has 0 aliphatic carbocycles. The molecular weight excluding hydrogens is 244 g/mol. The summed E-state index contributed by atoms with van der Waals surface area (Å²) < 4.78 is 0.181. The van der Waals surface area contributed by atoms with E-state index in [4.69, 9.17) is 0 Å². The van der Waals surface area contributed by atoms with Crippen molar-refractivity contribution >= 4 is 40.4 Å². The van der Waals surface area contributed by atoms with Crippen molar-refractivity contribution in [3.05, 3.63) is 12.2 Å². The summed E-state index contributed by atoms with van der Waals surface area (Å²) in [4.78, 5) is 11.7. The quantitative estimate of drug-likeness (QED) is 0.721. The molecule has 15 heavy (non-hydrogen) atoms. The van der Waals surface area contributed by atoms with Gasteiger partial charge in [-0.05, 0) is 43.1 Å². The fourth-order valence-corrected chi connectivity index (χ4v) is 5.48. The van der Waals surface area contributed by atoms with Gasteiger partial charge in [0.2, 0.25) is 5.12 Å². The normalized spacial score (nSPS) is 19.9. The van der Waals surface area contributed by atoms with Crippen LogP contribution in [0.15, 0.2) is 12.2 Å². The topological polar surface area (TPSA) is 17.1 Å². The van der Waals surface area contributed by atoms with E-state index in [9.17, 15) is 4.79 Å². The molecule has 0 bridgehead atoms. The minimum atomic E-state index is 0.177. The molecule has 1 aliphatic rings. The summed E-state index contributed by atoms with van der Waals surface area (Å²) in [6.07, 6.45) is 4.43. The number of thioether (sulfide) groups is 3. The number of carbonyl (C=O) groups is 1. The van der Waals surface area contributed by atoms with E-state index >= 15 is 0 Å². The lowest BCUT2D eigenvalue weighted by Crippen LogP contribution is -2.34. The molecule has 0 aromatic heterocycles. The summed E-state index contributed by atoms with van der Waals surface area (Å²) in [6, 6.07) is 0. The average Bonchev–Trinajstić information content (AvgIpc) is 2.19. The van der Waals surface area contributed by atoms with Crippen LogP contribution in [0, 0.1) is 0 Å². The van der Waals surface area contributed by atoms with Crippen LogP contribution >= 0.6 is 35.3 Å². The summed E-state index contributed by atoms with van der Waals surface area (Å²) in [5, 5.41) is 0.177. The highest BCUT2D eigenvalue weighted by molar-refractivity contribution is 8.16. The molecule has 1 saturated heterocycles. The molecule has 0 spiro atoms. The molecular formula is C11H18OS3. The van der Waals surface area contributed by atoms with Gasteiger partial charge in [0.05, 0.1) is 0 Å². The molecule has 4 heteroatoms. The molecule has 1 heterocycles. The smallest absolute Gasteiger partial charge is 0.215 e. The van der Waals surface area contributed by atoms with Crippen LogP contribution in [0.2, 0.25) is 0 Å². The summed E-state index contributed by atoms with van der Waals surface area (Å²) in [7, 11) is 0. The Balaban J connectivity index is 2.63. The predicted molar refractivity (Wildman–Crippen MR) is 75.1 cm³/mol. The van der Waals surface area contributed by atoms with E-state index < -0.39 is 0 Å². The van der Waals surface area contributed by atoms with Crippen LogP contribution < -0.4 is 0 Å². The Hall–Kier alpha value is 0.460. The Morgan fingerprint density at radius 2 is 2.07 bits per heavy atom. The molecule has 1 rings (SSSR count). The van der Waals surface area contributed by atoms with Gasteiger partial charge >= 0.3 is 0 Å². The maximum atomic E-state index is 11.7. The maximum Gasteiger partial charge on any atom is 0.215 e. The van der Waals surface area contributed by atoms with Crippen molar-refractivity contribution in [2.75, 3.05) is 23.5 Å². The first kappa shape index (κ1) is 13.5. The van der Waals surface area contributed by atoms with Crippen molar-refractivity contribution in [3.8, 4) is 0 Å². The van der Waals surface area contributed by atoms with Gasteiger partial charge in [0, 0.05) is 10.5 Å². The van der Waals surface area contributed by atoms with Gasteiger partial charge in [-0.25, -0.2) is 0 Å². The standard InChI is InChI=1S/C11H18OS3/c1-9(2)10(12)15-11(8-13-3)4-6-14-7-5-11/h1,4-8H2,2-3H3. The molecule has 0 amide bonds. The fraction of sp³-hybridized carbons (Fsp3) is 0.727. The predicted octanol–water partition coefficient (Wildman–Crippen LogP) is 3.45. The third-order valence-corrected chi connectivity index (χ3v) is 6.00. The zero-order valence-corrected chi connectivity index (χ0v) is 11.8. The van der Waals surface area contributed by atoms with E-state index in [-0.39, 0.29) is 9.86 Å². The molecule has 1 fully saturated rings. The molecule has 0 aromatic carbocycles. The van der Waals surface area contributed by atoms with Crippen LogP contribution in [0.4, 0.5) is 0 Å². The van der Waals surface area contributed by atoms with Crippen molar-refractivity contribution < 1.29 is 4.79 Å². The van der Waals surface area contributed by atoms with E-state index in [2.05, 4.69) is 12.8 Å². The lowest BCUT2D eigenvalue weighted by Gasteiger charge is -2.35. The summed E-state index contributed by atoms with van der Waals surface area (Å²) >= 11 is 5.38. The Bertz CT molecular complexity index is 239. The van der Waals surface area contributed by atoms with Gasteiger partial charge in [0.25, 0.3) is 0 Å². The maximum absolute atomic E-state index is 11.7. The first-order chi connectivity index (χ1) is 7.09. The van der Waals surface area contributed by atoms with Gasteiger partial charge in [-0.15, -0.1) is 0 Å². The molecule has 0 radical (unpaired) electrons. The monoisotopic (exact) mass is 262 g/mol. The third kappa shape index (κ3) is 4.08. The second kappa shape index (κ2) is 6.26. The largest absolute Gasteiger partial charge is 0.282 e. The Labute approximate surface area is 105 Å². The highest BCUT2D eigenvalue weighted by Gasteiger charge is 2.35. The second-order valence-electron chi connectivity index (χ2n) is 3.90. The van der Waals surface area contributed by atoms with Crippen LogP contribution in [0.25, 0.3) is 0 Å². The Morgan fingerprint density at radius 1 is 1.47 bits per heavy atom. The van der Waals surface area contributed by atoms with Crippen LogP contribution in [-0.4, -0.2) is 33.4 Å². The SMILES string of the molecule is C=C(C)C(=O)SC1(CSC)CCSCC1. The summed E-state index contributed by atoms with van der Waals surface area (Å²) in [6.45, 7) is 5.53. The van der Waals surface area contributed by atoms with Gasteiger partial charge in [0.15, 0.2) is 0 Å². The van der Waals surface area contributed by atoms with Gasteiger partial charge in [-0.2, -0.15) is 23.5 Å². The van der Waals surface area contributed by atoms with Crippen molar-refractivity contribution in [3.63, 3.8) is 0 Å². The van der Waals surface area contributed by atoms with Crippen molar-refractivity contribution in [1.82, 2.24) is 0 Å². The van der Waals surface area contributed by atoms with Gasteiger partial charge < -0.3 is 0 Å². The lowest BCUT2D eigenvalue weighted by atomic mass is 10.0. The number of rotatable bonds is 4. The first-order valence-corrected chi connectivity index (χ1v) is 8.42. The zero-order chi connectivity index (χ0) is 11.3. The molecule has 0 atom stereocenters. The Morgan fingerprint density at radius 3 is 2.53 bits per heavy atom. The fourth-order valence-electron chi connectivity index (χ4n) is 1.57. The molecule has 0 saturated carbocycles. The van der Waals surface area contributed by atoms with Crippen molar-refractivity contribution in [2.45, 2.75) is 24.5 Å². The summed E-state index contributed by atoms with van der Waals surface area (Å²) in [5.41, 5.74) is 0.679. The third-order valence-electron chi connectivity index (χ3n) is 2.47. The summed E-state index contributed by atoms with van der Waals surface area (Å²) in [5.74, 6) is 3.46. The van der Waals surface area contributed by atoms with Gasteiger partial charge in [-0.1, -0.05) is 18.3 Å². The number of hydrogen-bond donors (Lipinski definition) is 0. The average molecular weight is 262 g/mol. The van der Waals surface area contributed by atoms with Crippen LogP contribution in [0.3, 0.4) is 0 Å². The molecule has 1 aliphatic heterocycles. The lowest BCUT2D eigenvalue weighted by molar-refractivity contribution is -0.107. The van der Waals surface area contributed by atoms with Crippen LogP contribution in [-0.2, 0) is 4.79 Å². The highest BCUT2D eigenvalue weighted by atomic mass is 32.2. The minimum Gasteiger partial charge on any atom is -0.282 e. The minimum absolute atomic E-state index is 0.177. The van der Waals surface area contributed by atoms with Crippen molar-refractivity contribution in [1.29, 1.82) is 0 Å². The van der Waals surface area contributed by atoms with E-state index in [0.29, 0.717) is 5.57 Å². The molecule has 1 nitrogen and oxygen atoms in total.